The lowest BCUT2D eigenvalue weighted by atomic mass is 10.2. The molecule has 1 heterocycles. The van der Waals surface area contributed by atoms with Crippen LogP contribution in [0, 0.1) is 0 Å². The van der Waals surface area contributed by atoms with Crippen molar-refractivity contribution in [3.05, 3.63) is 0 Å². The molecule has 0 radical (unpaired) electrons. The number of nitrogens with zero attached hydrogens (tertiary/aromatic N) is 1. The van der Waals surface area contributed by atoms with Crippen molar-refractivity contribution in [2.24, 2.45) is 10.7 Å². The molecule has 0 saturated carbocycles. The summed E-state index contributed by atoms with van der Waals surface area (Å²) in [4.78, 5) is 14.6. The van der Waals surface area contributed by atoms with Gasteiger partial charge in [0.25, 0.3) is 0 Å². The number of carbonyl (C=O) groups excluding carboxylic acids is 1. The minimum absolute atomic E-state index is 0. The third-order valence-corrected chi connectivity index (χ3v) is 1.30. The predicted octanol–water partition coefficient (Wildman–Crippen LogP) is -0.387. The molecule has 1 aliphatic rings. The van der Waals surface area contributed by atoms with Crippen LogP contribution in [-0.2, 0) is 4.79 Å². The molecule has 4 nitrogen and oxygen atoms in total. The van der Waals surface area contributed by atoms with Gasteiger partial charge in [-0.2, -0.15) is 0 Å². The first-order valence-corrected chi connectivity index (χ1v) is 3.23. The van der Waals surface area contributed by atoms with Crippen LogP contribution in [0.25, 0.3) is 0 Å². The zero-order chi connectivity index (χ0) is 7.56. The average Bonchev–Trinajstić information content (AvgIpc) is 1.85. The maximum atomic E-state index is 10.7. The lowest BCUT2D eigenvalue weighted by Crippen LogP contribution is -2.37. The van der Waals surface area contributed by atoms with Crippen molar-refractivity contribution < 1.29 is 4.79 Å². The Bertz CT molecular complexity index is 216. The van der Waals surface area contributed by atoms with Crippen LogP contribution >= 0.6 is 24.6 Å². The maximum Gasteiger partial charge on any atom is 0.231 e. The number of nitrogens with one attached hydrogen (secondary N) is 1. The Balaban J connectivity index is 0.000001000. The lowest BCUT2D eigenvalue weighted by Gasteiger charge is -2.10. The van der Waals surface area contributed by atoms with Crippen LogP contribution in [0.2, 0.25) is 0 Å². The Morgan fingerprint density at radius 2 is 2.36 bits per heavy atom. The summed E-state index contributed by atoms with van der Waals surface area (Å²) in [6, 6.07) is 0. The van der Waals surface area contributed by atoms with Crippen molar-refractivity contribution in [2.45, 2.75) is 6.42 Å². The van der Waals surface area contributed by atoms with Gasteiger partial charge in [0, 0.05) is 12.3 Å². The standard InChI is InChI=1S/C5H7N3OS.ClH/c6-2-3-1-4(9)8-5(10)7-3;/h1-2,6H2,(H,8,9,10);1H. The molecule has 0 bridgehead atoms. The highest BCUT2D eigenvalue weighted by Gasteiger charge is 2.13. The van der Waals surface area contributed by atoms with E-state index in [1.165, 1.54) is 0 Å². The van der Waals surface area contributed by atoms with Crippen molar-refractivity contribution in [3.63, 3.8) is 0 Å². The van der Waals surface area contributed by atoms with E-state index in [4.69, 9.17) is 5.73 Å². The third-order valence-electron chi connectivity index (χ3n) is 1.11. The molecule has 0 atom stereocenters. The van der Waals surface area contributed by atoms with E-state index in [0.717, 1.165) is 0 Å². The van der Waals surface area contributed by atoms with Crippen LogP contribution in [0.3, 0.4) is 0 Å². The number of halogens is 1. The summed E-state index contributed by atoms with van der Waals surface area (Å²) in [7, 11) is 0. The van der Waals surface area contributed by atoms with Gasteiger partial charge in [-0.3, -0.25) is 4.79 Å². The highest BCUT2D eigenvalue weighted by Crippen LogP contribution is 1.94. The number of thiocarbonyl (C=S) groups is 1. The summed E-state index contributed by atoms with van der Waals surface area (Å²) in [5.41, 5.74) is 5.90. The summed E-state index contributed by atoms with van der Waals surface area (Å²) < 4.78 is 0. The van der Waals surface area contributed by atoms with Gasteiger partial charge in [0.1, 0.15) is 0 Å². The molecule has 0 fully saturated rings. The lowest BCUT2D eigenvalue weighted by molar-refractivity contribution is -0.118. The van der Waals surface area contributed by atoms with Crippen LogP contribution in [0.5, 0.6) is 0 Å². The van der Waals surface area contributed by atoms with E-state index in [-0.39, 0.29) is 29.8 Å². The van der Waals surface area contributed by atoms with E-state index in [1.54, 1.807) is 0 Å². The molecule has 1 aliphatic heterocycles. The minimum atomic E-state index is -0.125. The molecule has 3 N–H and O–H groups in total. The highest BCUT2D eigenvalue weighted by molar-refractivity contribution is 7.80. The predicted molar refractivity (Wildman–Crippen MR) is 49.1 cm³/mol. The maximum absolute atomic E-state index is 10.7. The summed E-state index contributed by atoms with van der Waals surface area (Å²) in [5.74, 6) is -0.125. The van der Waals surface area contributed by atoms with Gasteiger partial charge in [-0.25, -0.2) is 4.99 Å². The largest absolute Gasteiger partial charge is 0.325 e. The molecule has 0 unspecified atom stereocenters. The van der Waals surface area contributed by atoms with Crippen LogP contribution in [0.15, 0.2) is 4.99 Å². The Labute approximate surface area is 75.7 Å². The molecule has 0 aromatic rings. The molecule has 0 aromatic heterocycles. The van der Waals surface area contributed by atoms with Crippen molar-refractivity contribution >= 4 is 41.4 Å². The van der Waals surface area contributed by atoms with Crippen LogP contribution in [-0.4, -0.2) is 23.3 Å². The SMILES string of the molecule is Cl.NCC1=NC(=S)NC(=O)C1. The van der Waals surface area contributed by atoms with Crippen LogP contribution in [0.4, 0.5) is 0 Å². The Morgan fingerprint density at radius 1 is 1.73 bits per heavy atom. The van der Waals surface area contributed by atoms with Crippen molar-refractivity contribution in [2.75, 3.05) is 6.54 Å². The van der Waals surface area contributed by atoms with E-state index in [2.05, 4.69) is 22.5 Å². The molecule has 0 aromatic carbocycles. The zero-order valence-electron chi connectivity index (χ0n) is 5.66. The second-order valence-electron chi connectivity index (χ2n) is 1.91. The minimum Gasteiger partial charge on any atom is -0.325 e. The number of aliphatic imine (C=N–C) groups is 1. The Hall–Kier alpha value is -0.520. The van der Waals surface area contributed by atoms with Gasteiger partial charge < -0.3 is 11.1 Å². The molecule has 11 heavy (non-hydrogen) atoms. The normalized spacial score (nSPS) is 16.6. The van der Waals surface area contributed by atoms with E-state index in [1.807, 2.05) is 0 Å². The number of hydrogen-bond donors (Lipinski definition) is 2. The van der Waals surface area contributed by atoms with E-state index in [9.17, 15) is 4.79 Å². The first-order chi connectivity index (χ1) is 4.72. The fourth-order valence-corrected chi connectivity index (χ4v) is 0.921. The molecule has 0 saturated heterocycles. The Morgan fingerprint density at radius 3 is 2.82 bits per heavy atom. The van der Waals surface area contributed by atoms with Crippen molar-refractivity contribution in [1.82, 2.24) is 5.32 Å². The molecule has 0 spiro atoms. The van der Waals surface area contributed by atoms with E-state index >= 15 is 0 Å². The average molecular weight is 194 g/mol. The van der Waals surface area contributed by atoms with Crippen molar-refractivity contribution in [1.29, 1.82) is 0 Å². The summed E-state index contributed by atoms with van der Waals surface area (Å²) >= 11 is 4.65. The summed E-state index contributed by atoms with van der Waals surface area (Å²) in [6.45, 7) is 0.299. The molecule has 6 heteroatoms. The second-order valence-corrected chi connectivity index (χ2v) is 2.30. The summed E-state index contributed by atoms with van der Waals surface area (Å²) in [5, 5.41) is 2.61. The number of carbonyl (C=O) groups is 1. The molecule has 62 valence electrons. The quantitative estimate of drug-likeness (QED) is 0.558. The van der Waals surface area contributed by atoms with Gasteiger partial charge in [-0.15, -0.1) is 12.4 Å². The van der Waals surface area contributed by atoms with Crippen molar-refractivity contribution in [3.8, 4) is 0 Å². The third kappa shape index (κ3) is 2.92. The van der Waals surface area contributed by atoms with Gasteiger partial charge in [0.2, 0.25) is 5.91 Å². The molecule has 1 rings (SSSR count). The Kier molecular flexibility index (Phi) is 4.17. The number of rotatable bonds is 1. The first-order valence-electron chi connectivity index (χ1n) is 2.82. The van der Waals surface area contributed by atoms with Gasteiger partial charge in [-0.1, -0.05) is 0 Å². The monoisotopic (exact) mass is 193 g/mol. The van der Waals surface area contributed by atoms with Crippen LogP contribution < -0.4 is 11.1 Å². The number of amides is 1. The fourth-order valence-electron chi connectivity index (χ4n) is 0.678. The van der Waals surface area contributed by atoms with Crippen LogP contribution in [0.1, 0.15) is 6.42 Å². The first kappa shape index (κ1) is 10.5. The topological polar surface area (TPSA) is 67.5 Å². The number of hydrogen-bond acceptors (Lipinski definition) is 3. The molecule has 0 aliphatic carbocycles. The zero-order valence-corrected chi connectivity index (χ0v) is 7.30. The van der Waals surface area contributed by atoms with E-state index < -0.39 is 0 Å². The van der Waals surface area contributed by atoms with Gasteiger partial charge >= 0.3 is 0 Å². The smallest absolute Gasteiger partial charge is 0.231 e. The molecule has 1 amide bonds. The molecular formula is C5H8ClN3OS. The van der Waals surface area contributed by atoms with Gasteiger partial charge in [0.15, 0.2) is 5.11 Å². The number of nitrogens with two attached hydrogens (primary N) is 1. The summed E-state index contributed by atoms with van der Waals surface area (Å²) in [6.07, 6.45) is 0.274. The van der Waals surface area contributed by atoms with Gasteiger partial charge in [-0.05, 0) is 12.2 Å². The van der Waals surface area contributed by atoms with E-state index in [0.29, 0.717) is 12.3 Å². The highest BCUT2D eigenvalue weighted by atomic mass is 35.5. The fraction of sp³-hybridized carbons (Fsp3) is 0.400. The molecular weight excluding hydrogens is 186 g/mol. The second kappa shape index (κ2) is 4.38. The van der Waals surface area contributed by atoms with Gasteiger partial charge in [0.05, 0.1) is 6.42 Å².